The standard InChI is InChI=1S/C33H54O2/c1-21(2)22(3)11-12-23(4)25-15-19-32(9)26(25)13-14-28-31(8)18-17-29(35-24(5)34)30(6,7)27(31)16-20-33(28,32)10/h22,25-29H,1,4,11-20H2,2-3,5-10H3. The lowest BCUT2D eigenvalue weighted by atomic mass is 9.35. The van der Waals surface area contributed by atoms with E-state index < -0.39 is 0 Å². The van der Waals surface area contributed by atoms with E-state index in [2.05, 4.69) is 61.6 Å². The van der Waals surface area contributed by atoms with E-state index in [1.807, 2.05) is 0 Å². The number of fused-ring (bicyclic) bond motifs is 5. The molecule has 9 atom stereocenters. The van der Waals surface area contributed by atoms with Crippen LogP contribution < -0.4 is 0 Å². The molecule has 9 unspecified atom stereocenters. The van der Waals surface area contributed by atoms with E-state index in [1.54, 1.807) is 6.92 Å². The molecule has 2 heteroatoms. The normalized spacial score (nSPS) is 45.0. The van der Waals surface area contributed by atoms with Gasteiger partial charge in [-0.1, -0.05) is 65.8 Å². The van der Waals surface area contributed by atoms with E-state index in [1.165, 1.54) is 62.5 Å². The zero-order chi connectivity index (χ0) is 26.0. The highest BCUT2D eigenvalue weighted by atomic mass is 16.5. The van der Waals surface area contributed by atoms with Crippen molar-refractivity contribution in [3.8, 4) is 0 Å². The van der Waals surface area contributed by atoms with Crippen molar-refractivity contribution < 1.29 is 9.53 Å². The summed E-state index contributed by atoms with van der Waals surface area (Å²) >= 11 is 0. The molecular formula is C33H54O2. The fraction of sp³-hybridized carbons (Fsp3) is 0.848. The molecule has 0 amide bonds. The molecule has 0 heterocycles. The highest BCUT2D eigenvalue weighted by Crippen LogP contribution is 2.75. The fourth-order valence-electron chi connectivity index (χ4n) is 10.5. The zero-order valence-electron chi connectivity index (χ0n) is 24.3. The Morgan fingerprint density at radius 2 is 1.54 bits per heavy atom. The van der Waals surface area contributed by atoms with Gasteiger partial charge in [0.1, 0.15) is 6.10 Å². The second-order valence-electron chi connectivity index (χ2n) is 14.7. The van der Waals surface area contributed by atoms with Crippen LogP contribution in [0, 0.1) is 51.2 Å². The number of hydrogen-bond acceptors (Lipinski definition) is 2. The maximum atomic E-state index is 11.9. The van der Waals surface area contributed by atoms with Gasteiger partial charge in [0, 0.05) is 12.3 Å². The first kappa shape index (κ1) is 27.0. The Bertz CT molecular complexity index is 868. The molecule has 4 rings (SSSR count). The highest BCUT2D eigenvalue weighted by molar-refractivity contribution is 5.66. The molecule has 4 saturated carbocycles. The van der Waals surface area contributed by atoms with Gasteiger partial charge >= 0.3 is 5.97 Å². The van der Waals surface area contributed by atoms with E-state index in [-0.39, 0.29) is 17.5 Å². The number of rotatable bonds is 6. The number of esters is 1. The third kappa shape index (κ3) is 4.08. The van der Waals surface area contributed by atoms with Crippen LogP contribution in [0.4, 0.5) is 0 Å². The van der Waals surface area contributed by atoms with E-state index in [9.17, 15) is 4.79 Å². The fourth-order valence-corrected chi connectivity index (χ4v) is 10.5. The molecule has 198 valence electrons. The summed E-state index contributed by atoms with van der Waals surface area (Å²) in [6.07, 6.45) is 12.7. The summed E-state index contributed by atoms with van der Waals surface area (Å²) in [5.41, 5.74) is 4.02. The van der Waals surface area contributed by atoms with Gasteiger partial charge in [-0.25, -0.2) is 0 Å². The first-order valence-corrected chi connectivity index (χ1v) is 14.7. The molecule has 0 aromatic carbocycles. The van der Waals surface area contributed by atoms with Gasteiger partial charge in [-0.05, 0) is 117 Å². The number of ether oxygens (including phenoxy) is 1. The summed E-state index contributed by atoms with van der Waals surface area (Å²) in [7, 11) is 0. The summed E-state index contributed by atoms with van der Waals surface area (Å²) in [5.74, 6) is 3.37. The van der Waals surface area contributed by atoms with Crippen LogP contribution in [-0.4, -0.2) is 12.1 Å². The van der Waals surface area contributed by atoms with E-state index in [0.29, 0.717) is 34.0 Å². The van der Waals surface area contributed by atoms with Crippen molar-refractivity contribution >= 4 is 5.97 Å². The molecule has 0 aromatic rings. The van der Waals surface area contributed by atoms with E-state index >= 15 is 0 Å². The van der Waals surface area contributed by atoms with Gasteiger partial charge in [0.25, 0.3) is 0 Å². The largest absolute Gasteiger partial charge is 0.462 e. The summed E-state index contributed by atoms with van der Waals surface area (Å²) in [5, 5.41) is 0. The number of carbonyl (C=O) groups is 1. The van der Waals surface area contributed by atoms with Crippen molar-refractivity contribution in [2.75, 3.05) is 0 Å². The molecular weight excluding hydrogens is 428 g/mol. The third-order valence-corrected chi connectivity index (χ3v) is 12.9. The molecule has 0 spiro atoms. The summed E-state index contributed by atoms with van der Waals surface area (Å²) in [6, 6.07) is 0. The van der Waals surface area contributed by atoms with Gasteiger partial charge in [0.05, 0.1) is 0 Å². The number of allylic oxidation sites excluding steroid dienone is 2. The minimum atomic E-state index is -0.116. The summed E-state index contributed by atoms with van der Waals surface area (Å²) in [4.78, 5) is 11.9. The first-order chi connectivity index (χ1) is 16.2. The average Bonchev–Trinajstić information content (AvgIpc) is 3.12. The van der Waals surface area contributed by atoms with Crippen LogP contribution in [-0.2, 0) is 9.53 Å². The Morgan fingerprint density at radius 3 is 2.17 bits per heavy atom. The van der Waals surface area contributed by atoms with Gasteiger partial charge < -0.3 is 4.74 Å². The van der Waals surface area contributed by atoms with Crippen molar-refractivity contribution in [2.45, 2.75) is 126 Å². The molecule has 0 N–H and O–H groups in total. The van der Waals surface area contributed by atoms with Crippen LogP contribution in [0.1, 0.15) is 120 Å². The molecule has 4 fully saturated rings. The smallest absolute Gasteiger partial charge is 0.302 e. The van der Waals surface area contributed by atoms with Crippen molar-refractivity contribution in [3.63, 3.8) is 0 Å². The Morgan fingerprint density at radius 1 is 0.886 bits per heavy atom. The Balaban J connectivity index is 1.56. The molecule has 0 aliphatic heterocycles. The predicted octanol–water partition coefficient (Wildman–Crippen LogP) is 9.15. The van der Waals surface area contributed by atoms with E-state index in [4.69, 9.17) is 4.74 Å². The minimum absolute atomic E-state index is 0.0459. The summed E-state index contributed by atoms with van der Waals surface area (Å²) in [6.45, 7) is 27.7. The van der Waals surface area contributed by atoms with Crippen LogP contribution in [0.3, 0.4) is 0 Å². The van der Waals surface area contributed by atoms with Crippen LogP contribution in [0.5, 0.6) is 0 Å². The van der Waals surface area contributed by atoms with Crippen molar-refractivity contribution in [2.24, 2.45) is 51.2 Å². The van der Waals surface area contributed by atoms with E-state index in [0.717, 1.165) is 24.7 Å². The Kier molecular flexibility index (Phi) is 6.98. The van der Waals surface area contributed by atoms with Gasteiger partial charge in [-0.3, -0.25) is 4.79 Å². The second kappa shape index (κ2) is 9.05. The molecule has 35 heavy (non-hydrogen) atoms. The van der Waals surface area contributed by atoms with Gasteiger partial charge in [-0.2, -0.15) is 0 Å². The maximum Gasteiger partial charge on any atom is 0.302 e. The Labute approximate surface area is 216 Å². The lowest BCUT2D eigenvalue weighted by Gasteiger charge is -2.70. The maximum absolute atomic E-state index is 11.9. The van der Waals surface area contributed by atoms with Crippen LogP contribution in [0.2, 0.25) is 0 Å². The predicted molar refractivity (Wildman–Crippen MR) is 147 cm³/mol. The lowest BCUT2D eigenvalue weighted by Crippen LogP contribution is -2.64. The van der Waals surface area contributed by atoms with Gasteiger partial charge in [0.15, 0.2) is 0 Å². The second-order valence-corrected chi connectivity index (χ2v) is 14.7. The zero-order valence-corrected chi connectivity index (χ0v) is 24.3. The SMILES string of the molecule is C=C(C)C(C)CCC(=C)C1CCC2(C)C1CCC1C3(C)CCC(OC(C)=O)C(C)(C)C3CCC12C. The average molecular weight is 483 g/mol. The molecule has 0 aromatic heterocycles. The Hall–Kier alpha value is -1.05. The monoisotopic (exact) mass is 482 g/mol. The lowest BCUT2D eigenvalue weighted by molar-refractivity contribution is -0.226. The van der Waals surface area contributed by atoms with Crippen LogP contribution in [0.25, 0.3) is 0 Å². The number of hydrogen-bond donors (Lipinski definition) is 0. The van der Waals surface area contributed by atoms with Gasteiger partial charge in [0.2, 0.25) is 0 Å². The molecule has 4 aliphatic rings. The van der Waals surface area contributed by atoms with Crippen LogP contribution >= 0.6 is 0 Å². The number of carbonyl (C=O) groups excluding carboxylic acids is 1. The molecule has 0 radical (unpaired) electrons. The molecule has 0 bridgehead atoms. The quantitative estimate of drug-likeness (QED) is 0.279. The van der Waals surface area contributed by atoms with Crippen molar-refractivity contribution in [1.82, 2.24) is 0 Å². The van der Waals surface area contributed by atoms with Crippen molar-refractivity contribution in [3.05, 3.63) is 24.3 Å². The van der Waals surface area contributed by atoms with Gasteiger partial charge in [-0.15, -0.1) is 0 Å². The minimum Gasteiger partial charge on any atom is -0.462 e. The molecule has 2 nitrogen and oxygen atoms in total. The van der Waals surface area contributed by atoms with Crippen molar-refractivity contribution in [1.29, 1.82) is 0 Å². The third-order valence-electron chi connectivity index (χ3n) is 12.9. The topological polar surface area (TPSA) is 26.3 Å². The summed E-state index contributed by atoms with van der Waals surface area (Å²) < 4.78 is 5.89. The highest BCUT2D eigenvalue weighted by Gasteiger charge is 2.68. The van der Waals surface area contributed by atoms with Crippen LogP contribution in [0.15, 0.2) is 24.3 Å². The molecule has 0 saturated heterocycles. The molecule has 4 aliphatic carbocycles. The first-order valence-electron chi connectivity index (χ1n) is 14.7.